The zero-order valence-corrected chi connectivity index (χ0v) is 14.4. The molecule has 2 aliphatic carbocycles. The zero-order valence-electron chi connectivity index (χ0n) is 12.9. The van der Waals surface area contributed by atoms with Crippen molar-refractivity contribution in [2.75, 3.05) is 0 Å². The van der Waals surface area contributed by atoms with E-state index in [0.29, 0.717) is 22.1 Å². The van der Waals surface area contributed by atoms with Gasteiger partial charge < -0.3 is 5.32 Å². The van der Waals surface area contributed by atoms with Gasteiger partial charge in [0.25, 0.3) is 0 Å². The molecule has 0 radical (unpaired) electrons. The number of benzene rings is 1. The molecule has 1 aromatic rings. The summed E-state index contributed by atoms with van der Waals surface area (Å²) in [5.74, 6) is 2.83. The highest BCUT2D eigenvalue weighted by Gasteiger charge is 2.42. The lowest BCUT2D eigenvalue weighted by atomic mass is 9.83. The van der Waals surface area contributed by atoms with Crippen molar-refractivity contribution in [2.45, 2.75) is 58.0 Å². The Labute approximate surface area is 138 Å². The van der Waals surface area contributed by atoms with E-state index in [1.54, 1.807) is 0 Å². The smallest absolute Gasteiger partial charge is 0.0595 e. The number of halogens is 2. The van der Waals surface area contributed by atoms with E-state index in [1.165, 1.54) is 31.2 Å². The second-order valence-corrected chi connectivity index (χ2v) is 7.74. The van der Waals surface area contributed by atoms with Gasteiger partial charge >= 0.3 is 0 Å². The Morgan fingerprint density at radius 2 is 2.00 bits per heavy atom. The van der Waals surface area contributed by atoms with Gasteiger partial charge in [-0.15, -0.1) is 0 Å². The lowest BCUT2D eigenvalue weighted by Gasteiger charge is -2.32. The highest BCUT2D eigenvalue weighted by atomic mass is 35.5. The molecule has 0 heterocycles. The predicted octanol–water partition coefficient (Wildman–Crippen LogP) is 5.86. The van der Waals surface area contributed by atoms with Crippen molar-refractivity contribution in [2.24, 2.45) is 17.8 Å². The maximum Gasteiger partial charge on any atom is 0.0595 e. The summed E-state index contributed by atoms with van der Waals surface area (Å²) in [6.07, 6.45) is 6.89. The first-order chi connectivity index (χ1) is 10.1. The van der Waals surface area contributed by atoms with Gasteiger partial charge in [-0.25, -0.2) is 0 Å². The van der Waals surface area contributed by atoms with Crippen LogP contribution >= 0.6 is 23.2 Å². The quantitative estimate of drug-likeness (QED) is 0.715. The van der Waals surface area contributed by atoms with Gasteiger partial charge in [-0.2, -0.15) is 0 Å². The van der Waals surface area contributed by atoms with Crippen LogP contribution in [-0.2, 0) is 0 Å². The fourth-order valence-electron chi connectivity index (χ4n) is 4.53. The fraction of sp³-hybridized carbons (Fsp3) is 0.667. The molecular weight excluding hydrogens is 301 g/mol. The predicted molar refractivity (Wildman–Crippen MR) is 91.0 cm³/mol. The molecule has 2 bridgehead atoms. The van der Waals surface area contributed by atoms with Crippen molar-refractivity contribution in [3.8, 4) is 0 Å². The van der Waals surface area contributed by atoms with E-state index in [9.17, 15) is 0 Å². The lowest BCUT2D eigenvalue weighted by molar-refractivity contribution is 0.243. The Bertz CT molecular complexity index is 502. The lowest BCUT2D eigenvalue weighted by Crippen LogP contribution is -2.38. The van der Waals surface area contributed by atoms with Crippen molar-refractivity contribution < 1.29 is 0 Å². The van der Waals surface area contributed by atoms with Crippen molar-refractivity contribution in [3.63, 3.8) is 0 Å². The Balaban J connectivity index is 1.67. The van der Waals surface area contributed by atoms with Crippen LogP contribution in [0.2, 0.25) is 10.0 Å². The molecule has 2 fully saturated rings. The topological polar surface area (TPSA) is 12.0 Å². The van der Waals surface area contributed by atoms with Gasteiger partial charge in [0, 0.05) is 12.1 Å². The van der Waals surface area contributed by atoms with Gasteiger partial charge in [-0.1, -0.05) is 42.6 Å². The molecule has 0 aromatic heterocycles. The summed E-state index contributed by atoms with van der Waals surface area (Å²) in [4.78, 5) is 0. The summed E-state index contributed by atoms with van der Waals surface area (Å²) in [6, 6.07) is 6.97. The number of hydrogen-bond acceptors (Lipinski definition) is 1. The van der Waals surface area contributed by atoms with E-state index in [2.05, 4.69) is 25.2 Å². The maximum atomic E-state index is 6.17. The van der Waals surface area contributed by atoms with Crippen molar-refractivity contribution >= 4 is 23.2 Å². The molecule has 0 saturated heterocycles. The minimum atomic E-state index is 0.369. The van der Waals surface area contributed by atoms with Gasteiger partial charge in [-0.3, -0.25) is 0 Å². The molecule has 3 heteroatoms. The number of hydrogen-bond donors (Lipinski definition) is 1. The third-order valence-electron chi connectivity index (χ3n) is 5.65. The summed E-state index contributed by atoms with van der Waals surface area (Å²) in [6.45, 7) is 4.60. The van der Waals surface area contributed by atoms with Gasteiger partial charge in [0.15, 0.2) is 0 Å². The van der Waals surface area contributed by atoms with Crippen LogP contribution in [0.5, 0.6) is 0 Å². The SMILES string of the molecule is CCC(NC(C)C1CC2CCC1C2)c1ccc(Cl)c(Cl)c1. The summed E-state index contributed by atoms with van der Waals surface area (Å²) in [7, 11) is 0. The highest BCUT2D eigenvalue weighted by Crippen LogP contribution is 2.49. The molecule has 1 N–H and O–H groups in total. The monoisotopic (exact) mass is 325 g/mol. The fourth-order valence-corrected chi connectivity index (χ4v) is 4.83. The Morgan fingerprint density at radius 3 is 2.57 bits per heavy atom. The third-order valence-corrected chi connectivity index (χ3v) is 6.39. The van der Waals surface area contributed by atoms with Crippen molar-refractivity contribution in [1.82, 2.24) is 5.32 Å². The molecule has 2 saturated carbocycles. The molecule has 0 amide bonds. The Hall–Kier alpha value is -0.240. The number of fused-ring (bicyclic) bond motifs is 2. The molecule has 116 valence electrons. The maximum absolute atomic E-state index is 6.17. The van der Waals surface area contributed by atoms with Crippen LogP contribution in [0.3, 0.4) is 0 Å². The summed E-state index contributed by atoms with van der Waals surface area (Å²) < 4.78 is 0. The normalized spacial score (nSPS) is 30.6. The van der Waals surface area contributed by atoms with Crippen LogP contribution in [0.4, 0.5) is 0 Å². The van der Waals surface area contributed by atoms with Crippen LogP contribution in [0, 0.1) is 17.8 Å². The molecule has 2 aliphatic rings. The van der Waals surface area contributed by atoms with Gasteiger partial charge in [0.1, 0.15) is 0 Å². The average molecular weight is 326 g/mol. The van der Waals surface area contributed by atoms with E-state index < -0.39 is 0 Å². The van der Waals surface area contributed by atoms with Gasteiger partial charge in [0.2, 0.25) is 0 Å². The summed E-state index contributed by atoms with van der Waals surface area (Å²) >= 11 is 12.2. The van der Waals surface area contributed by atoms with Crippen LogP contribution in [0.1, 0.15) is 57.6 Å². The number of nitrogens with one attached hydrogen (secondary N) is 1. The summed E-state index contributed by atoms with van der Waals surface area (Å²) in [5, 5.41) is 5.14. The molecule has 5 unspecified atom stereocenters. The van der Waals surface area contributed by atoms with Crippen molar-refractivity contribution in [1.29, 1.82) is 0 Å². The minimum absolute atomic E-state index is 0.369. The molecule has 0 aliphatic heterocycles. The van der Waals surface area contributed by atoms with E-state index in [0.717, 1.165) is 24.2 Å². The third kappa shape index (κ3) is 3.25. The largest absolute Gasteiger partial charge is 0.307 e. The zero-order chi connectivity index (χ0) is 15.0. The molecular formula is C18H25Cl2N. The Morgan fingerprint density at radius 1 is 1.19 bits per heavy atom. The van der Waals surface area contributed by atoms with Crippen LogP contribution in [0.15, 0.2) is 18.2 Å². The van der Waals surface area contributed by atoms with Crippen molar-refractivity contribution in [3.05, 3.63) is 33.8 Å². The molecule has 1 nitrogen and oxygen atoms in total. The van der Waals surface area contributed by atoms with Crippen LogP contribution < -0.4 is 5.32 Å². The second kappa shape index (κ2) is 6.48. The molecule has 5 atom stereocenters. The summed E-state index contributed by atoms with van der Waals surface area (Å²) in [5.41, 5.74) is 1.25. The second-order valence-electron chi connectivity index (χ2n) is 6.93. The average Bonchev–Trinajstić information content (AvgIpc) is 3.10. The van der Waals surface area contributed by atoms with E-state index >= 15 is 0 Å². The minimum Gasteiger partial charge on any atom is -0.307 e. The first-order valence-corrected chi connectivity index (χ1v) is 9.05. The number of rotatable bonds is 5. The van der Waals surface area contributed by atoms with Crippen LogP contribution in [0.25, 0.3) is 0 Å². The molecule has 3 rings (SSSR count). The first-order valence-electron chi connectivity index (χ1n) is 8.29. The standard InChI is InChI=1S/C18H25Cl2N/c1-3-18(14-6-7-16(19)17(20)10-14)21-11(2)15-9-12-4-5-13(15)8-12/h6-7,10-13,15,18,21H,3-5,8-9H2,1-2H3. The van der Waals surface area contributed by atoms with Gasteiger partial charge in [0.05, 0.1) is 10.0 Å². The van der Waals surface area contributed by atoms with Crippen LogP contribution in [-0.4, -0.2) is 6.04 Å². The highest BCUT2D eigenvalue weighted by molar-refractivity contribution is 6.42. The van der Waals surface area contributed by atoms with E-state index in [1.807, 2.05) is 12.1 Å². The van der Waals surface area contributed by atoms with Gasteiger partial charge in [-0.05, 0) is 68.1 Å². The van der Waals surface area contributed by atoms with E-state index in [-0.39, 0.29) is 0 Å². The van der Waals surface area contributed by atoms with E-state index in [4.69, 9.17) is 23.2 Å². The molecule has 0 spiro atoms. The Kier molecular flexibility index (Phi) is 4.83. The molecule has 1 aromatic carbocycles. The molecule has 21 heavy (non-hydrogen) atoms. The first kappa shape index (κ1) is 15.6.